The molecule has 0 unspecified atom stereocenters. The van der Waals surface area contributed by atoms with Crippen LogP contribution < -0.4 is 0 Å². The first-order chi connectivity index (χ1) is 3.27. The first-order valence-electron chi connectivity index (χ1n) is 1.65. The van der Waals surface area contributed by atoms with E-state index in [1.165, 1.54) is 0 Å². The molecule has 0 atom stereocenters. The second kappa shape index (κ2) is 4.42. The minimum Gasteiger partial charge on any atom is -0.317 e. The van der Waals surface area contributed by atoms with E-state index in [9.17, 15) is 8.42 Å². The molecule has 0 aliphatic rings. The highest BCUT2D eigenvalue weighted by Gasteiger charge is 1.82. The maximum Gasteiger partial charge on any atom is 0.142 e. The van der Waals surface area contributed by atoms with Crippen LogP contribution in [0.2, 0.25) is 0 Å². The Morgan fingerprint density at radius 2 is 2.14 bits per heavy atom. The summed E-state index contributed by atoms with van der Waals surface area (Å²) in [6.07, 6.45) is 0. The van der Waals surface area contributed by atoms with Crippen LogP contribution in [0.25, 0.3) is 0 Å². The number of hydrogen-bond acceptors (Lipinski definition) is 4. The average molecular weight is 142 g/mol. The Morgan fingerprint density at radius 3 is 2.29 bits per heavy atom. The summed E-state index contributed by atoms with van der Waals surface area (Å²) in [5.74, 6) is 0.0544. The molecule has 0 rings (SSSR count). The minimum atomic E-state index is -2.28. The van der Waals surface area contributed by atoms with Crippen LogP contribution in [0.5, 0.6) is 0 Å². The van der Waals surface area contributed by atoms with E-state index in [-0.39, 0.29) is 12.4 Å². The van der Waals surface area contributed by atoms with Crippen molar-refractivity contribution in [3.63, 3.8) is 0 Å². The highest BCUT2D eigenvalue weighted by Crippen LogP contribution is 1.75. The van der Waals surface area contributed by atoms with E-state index in [4.69, 9.17) is 0 Å². The van der Waals surface area contributed by atoms with Gasteiger partial charge in [-0.1, -0.05) is 0 Å². The fraction of sp³-hybridized carbons (Fsp3) is 1.00. The quantitative estimate of drug-likeness (QED) is 0.411. The minimum absolute atomic E-state index is 0.0544. The molecule has 7 heavy (non-hydrogen) atoms. The van der Waals surface area contributed by atoms with Gasteiger partial charge in [-0.3, -0.25) is 0 Å². The molecule has 0 spiro atoms. The highest BCUT2D eigenvalue weighted by molar-refractivity contribution is 7.75. The van der Waals surface area contributed by atoms with Crippen molar-refractivity contribution < 1.29 is 12.6 Å². The van der Waals surface area contributed by atoms with E-state index in [2.05, 4.69) is 17.1 Å². The highest BCUT2D eigenvalue weighted by atomic mass is 32.2. The van der Waals surface area contributed by atoms with Crippen LogP contribution in [0, 0.1) is 0 Å². The van der Waals surface area contributed by atoms with Gasteiger partial charge in [0.2, 0.25) is 0 Å². The lowest BCUT2D eigenvalue weighted by atomic mass is 10.9. The Morgan fingerprint density at radius 1 is 1.57 bits per heavy atom. The molecule has 0 heterocycles. The van der Waals surface area contributed by atoms with Gasteiger partial charge in [0.05, 0.1) is 12.4 Å². The summed E-state index contributed by atoms with van der Waals surface area (Å²) in [5, 5.41) is 0. The van der Waals surface area contributed by atoms with Gasteiger partial charge < -0.3 is 4.18 Å². The molecule has 0 bridgehead atoms. The Hall–Kier alpha value is 0.260. The van der Waals surface area contributed by atoms with Crippen molar-refractivity contribution in [2.24, 2.45) is 0 Å². The standard InChI is InChI=1S/C2H6O3S2/c3-7(4)2-1-5-6/h6-7H,1-2H2. The smallest absolute Gasteiger partial charge is 0.142 e. The molecule has 0 amide bonds. The molecule has 0 aromatic rings. The first kappa shape index (κ1) is 7.26. The lowest BCUT2D eigenvalue weighted by molar-refractivity contribution is 0.411. The van der Waals surface area contributed by atoms with Gasteiger partial charge in [0, 0.05) is 0 Å². The third-order valence-electron chi connectivity index (χ3n) is 0.365. The molecule has 0 fully saturated rings. The van der Waals surface area contributed by atoms with Gasteiger partial charge in [-0.25, -0.2) is 8.42 Å². The lowest BCUT2D eigenvalue weighted by Gasteiger charge is -1.83. The molecule has 0 aromatic heterocycles. The van der Waals surface area contributed by atoms with Gasteiger partial charge in [0.1, 0.15) is 10.7 Å². The van der Waals surface area contributed by atoms with Gasteiger partial charge in [-0.15, -0.1) is 0 Å². The fourth-order valence-electron chi connectivity index (χ4n) is 0.115. The molecule has 3 nitrogen and oxygen atoms in total. The van der Waals surface area contributed by atoms with Crippen molar-refractivity contribution >= 4 is 23.6 Å². The third-order valence-corrected chi connectivity index (χ3v) is 1.10. The fourth-order valence-corrected chi connectivity index (χ4v) is 0.591. The zero-order valence-electron chi connectivity index (χ0n) is 3.53. The molecule has 44 valence electrons. The first-order valence-corrected chi connectivity index (χ1v) is 3.38. The van der Waals surface area contributed by atoms with Crippen molar-refractivity contribution in [2.75, 3.05) is 12.4 Å². The van der Waals surface area contributed by atoms with Crippen LogP contribution in [-0.2, 0) is 14.9 Å². The Labute approximate surface area is 49.2 Å². The van der Waals surface area contributed by atoms with E-state index < -0.39 is 10.7 Å². The van der Waals surface area contributed by atoms with Crippen LogP contribution in [0.1, 0.15) is 0 Å². The van der Waals surface area contributed by atoms with Crippen molar-refractivity contribution in [1.29, 1.82) is 0 Å². The molecule has 0 saturated heterocycles. The summed E-state index contributed by atoms with van der Waals surface area (Å²) in [6, 6.07) is 0. The van der Waals surface area contributed by atoms with Crippen molar-refractivity contribution in [3.05, 3.63) is 0 Å². The largest absolute Gasteiger partial charge is 0.317 e. The molecule has 5 heteroatoms. The van der Waals surface area contributed by atoms with Gasteiger partial charge in [-0.2, -0.15) is 0 Å². The molecule has 0 aliphatic heterocycles. The predicted octanol–water partition coefficient (Wildman–Crippen LogP) is -0.541. The zero-order chi connectivity index (χ0) is 5.70. The normalized spacial score (nSPS) is 10.0. The summed E-state index contributed by atoms with van der Waals surface area (Å²) >= 11 is 3.33. The van der Waals surface area contributed by atoms with Crippen LogP contribution in [0.3, 0.4) is 0 Å². The van der Waals surface area contributed by atoms with E-state index >= 15 is 0 Å². The summed E-state index contributed by atoms with van der Waals surface area (Å²) in [5.41, 5.74) is 0. The maximum absolute atomic E-state index is 9.68. The molecule has 0 N–H and O–H groups in total. The molecular weight excluding hydrogens is 136 g/mol. The molecule has 0 saturated carbocycles. The molecular formula is C2H6O3S2. The second-order valence-electron chi connectivity index (χ2n) is 0.890. The lowest BCUT2D eigenvalue weighted by Crippen LogP contribution is -1.93. The van der Waals surface area contributed by atoms with Crippen LogP contribution in [-0.4, -0.2) is 20.8 Å². The summed E-state index contributed by atoms with van der Waals surface area (Å²) in [6.45, 7) is 0.168. The number of thiol groups is 2. The van der Waals surface area contributed by atoms with Gasteiger partial charge in [0.25, 0.3) is 0 Å². The van der Waals surface area contributed by atoms with Crippen molar-refractivity contribution in [2.45, 2.75) is 0 Å². The number of rotatable bonds is 3. The van der Waals surface area contributed by atoms with Gasteiger partial charge >= 0.3 is 0 Å². The Kier molecular flexibility index (Phi) is 4.58. The summed E-state index contributed by atoms with van der Waals surface area (Å²) in [4.78, 5) is 0. The Balaban J connectivity index is 2.98. The molecule has 0 aliphatic carbocycles. The van der Waals surface area contributed by atoms with Crippen LogP contribution in [0.4, 0.5) is 0 Å². The van der Waals surface area contributed by atoms with E-state index in [0.717, 1.165) is 0 Å². The second-order valence-corrected chi connectivity index (χ2v) is 2.26. The Bertz CT molecular complexity index is 89.1. The maximum atomic E-state index is 9.68. The summed E-state index contributed by atoms with van der Waals surface area (Å²) < 4.78 is 23.5. The topological polar surface area (TPSA) is 43.4 Å². The van der Waals surface area contributed by atoms with E-state index in [0.29, 0.717) is 0 Å². The van der Waals surface area contributed by atoms with E-state index in [1.807, 2.05) is 0 Å². The van der Waals surface area contributed by atoms with Crippen LogP contribution in [0.15, 0.2) is 0 Å². The SMILES string of the molecule is O=[SH](=O)CCOS. The monoisotopic (exact) mass is 142 g/mol. The van der Waals surface area contributed by atoms with Crippen molar-refractivity contribution in [3.8, 4) is 0 Å². The average Bonchev–Trinajstić information content (AvgIpc) is 1.61. The number of hydrogen-bond donors (Lipinski definition) is 2. The summed E-state index contributed by atoms with van der Waals surface area (Å²) in [7, 11) is -2.28. The molecule has 0 radical (unpaired) electrons. The van der Waals surface area contributed by atoms with Gasteiger partial charge in [0.15, 0.2) is 0 Å². The predicted molar refractivity (Wildman–Crippen MR) is 30.1 cm³/mol. The van der Waals surface area contributed by atoms with Gasteiger partial charge in [-0.05, 0) is 12.9 Å². The third kappa shape index (κ3) is 6.26. The zero-order valence-corrected chi connectivity index (χ0v) is 5.32. The van der Waals surface area contributed by atoms with Crippen molar-refractivity contribution in [1.82, 2.24) is 0 Å². The molecule has 0 aromatic carbocycles. The van der Waals surface area contributed by atoms with Crippen LogP contribution >= 0.6 is 12.9 Å². The van der Waals surface area contributed by atoms with E-state index in [1.54, 1.807) is 0 Å².